The van der Waals surface area contributed by atoms with Gasteiger partial charge in [0.2, 0.25) is 0 Å². The van der Waals surface area contributed by atoms with Crippen LogP contribution in [0.25, 0.3) is 0 Å². The van der Waals surface area contributed by atoms with E-state index < -0.39 is 0 Å². The number of carbonyl (C=O) groups excluding carboxylic acids is 1. The van der Waals surface area contributed by atoms with Crippen molar-refractivity contribution in [1.82, 2.24) is 15.2 Å². The van der Waals surface area contributed by atoms with E-state index in [9.17, 15) is 4.79 Å². The van der Waals surface area contributed by atoms with Crippen molar-refractivity contribution in [3.8, 4) is 0 Å². The van der Waals surface area contributed by atoms with Crippen molar-refractivity contribution in [1.29, 1.82) is 0 Å². The molecule has 1 aromatic rings. The molecule has 1 N–H and O–H groups in total. The van der Waals surface area contributed by atoms with Crippen molar-refractivity contribution in [2.24, 2.45) is 5.41 Å². The van der Waals surface area contributed by atoms with Crippen LogP contribution in [0.5, 0.6) is 0 Å². The van der Waals surface area contributed by atoms with Crippen LogP contribution in [0.1, 0.15) is 37.1 Å². The van der Waals surface area contributed by atoms with E-state index in [-0.39, 0.29) is 23.1 Å². The van der Waals surface area contributed by atoms with E-state index in [0.717, 1.165) is 16.3 Å². The highest BCUT2D eigenvalue weighted by Crippen LogP contribution is 2.53. The number of carbonyl (C=O) groups is 1. The van der Waals surface area contributed by atoms with Crippen LogP contribution in [0.2, 0.25) is 0 Å². The maximum Gasteiger partial charge on any atom is 0.317 e. The number of hydrogen-bond donors (Lipinski definition) is 1. The monoisotopic (exact) mass is 311 g/mol. The van der Waals surface area contributed by atoms with Gasteiger partial charge in [-0.15, -0.1) is 11.3 Å². The van der Waals surface area contributed by atoms with Crippen LogP contribution in [0, 0.1) is 12.3 Å². The first-order chi connectivity index (χ1) is 9.71. The van der Waals surface area contributed by atoms with E-state index in [1.165, 1.54) is 0 Å². The molecule has 2 rings (SSSR count). The summed E-state index contributed by atoms with van der Waals surface area (Å²) < 4.78 is 5.62. The molecule has 1 aliphatic rings. The Labute approximate surface area is 130 Å². The SMILES string of the molecule is CO[C@@]1(C)C[C@@H](N(C)C(=O)NCc2cnc(C)s2)C1(C)C. The summed E-state index contributed by atoms with van der Waals surface area (Å²) in [5, 5.41) is 3.98. The number of aromatic nitrogens is 1. The normalized spacial score (nSPS) is 27.0. The molecule has 0 bridgehead atoms. The van der Waals surface area contributed by atoms with Gasteiger partial charge < -0.3 is 15.0 Å². The lowest BCUT2D eigenvalue weighted by Gasteiger charge is -2.61. The Bertz CT molecular complexity index is 529. The number of thiazole rings is 1. The van der Waals surface area contributed by atoms with E-state index in [2.05, 4.69) is 31.1 Å². The fraction of sp³-hybridized carbons (Fsp3) is 0.733. The Morgan fingerprint density at radius 3 is 2.71 bits per heavy atom. The summed E-state index contributed by atoms with van der Waals surface area (Å²) >= 11 is 1.61. The van der Waals surface area contributed by atoms with Crippen molar-refractivity contribution in [3.63, 3.8) is 0 Å². The highest BCUT2D eigenvalue weighted by atomic mass is 32.1. The molecule has 118 valence electrons. The minimum atomic E-state index is -0.166. The Kier molecular flexibility index (Phi) is 4.31. The maximum atomic E-state index is 12.3. The van der Waals surface area contributed by atoms with Crippen molar-refractivity contribution in [2.45, 2.75) is 52.3 Å². The van der Waals surface area contributed by atoms with Gasteiger partial charge in [-0.25, -0.2) is 9.78 Å². The lowest BCUT2D eigenvalue weighted by atomic mass is 9.55. The molecule has 1 aliphatic carbocycles. The molecular weight excluding hydrogens is 286 g/mol. The number of aryl methyl sites for hydroxylation is 1. The second kappa shape index (κ2) is 5.57. The van der Waals surface area contributed by atoms with Gasteiger partial charge in [-0.1, -0.05) is 13.8 Å². The van der Waals surface area contributed by atoms with Crippen LogP contribution >= 0.6 is 11.3 Å². The number of rotatable bonds is 4. The van der Waals surface area contributed by atoms with Crippen LogP contribution in [-0.2, 0) is 11.3 Å². The number of nitrogens with one attached hydrogen (secondary N) is 1. The van der Waals surface area contributed by atoms with Crippen LogP contribution in [0.4, 0.5) is 4.79 Å². The molecule has 6 heteroatoms. The number of nitrogens with zero attached hydrogens (tertiary/aromatic N) is 2. The van der Waals surface area contributed by atoms with E-state index >= 15 is 0 Å². The van der Waals surface area contributed by atoms with Gasteiger partial charge >= 0.3 is 6.03 Å². The summed E-state index contributed by atoms with van der Waals surface area (Å²) in [6.45, 7) is 8.91. The van der Waals surface area contributed by atoms with Crippen molar-refractivity contribution >= 4 is 17.4 Å². The van der Waals surface area contributed by atoms with Gasteiger partial charge in [0.25, 0.3) is 0 Å². The Morgan fingerprint density at radius 1 is 1.57 bits per heavy atom. The van der Waals surface area contributed by atoms with Crippen LogP contribution in [0.3, 0.4) is 0 Å². The highest BCUT2D eigenvalue weighted by molar-refractivity contribution is 7.11. The third-order valence-electron chi connectivity index (χ3n) is 5.10. The second-order valence-corrected chi connectivity index (χ2v) is 7.81. The van der Waals surface area contributed by atoms with Crippen molar-refractivity contribution < 1.29 is 9.53 Å². The lowest BCUT2D eigenvalue weighted by Crippen LogP contribution is -2.69. The Hall–Kier alpha value is -1.14. The first kappa shape index (κ1) is 16.2. The second-order valence-electron chi connectivity index (χ2n) is 6.49. The fourth-order valence-corrected chi connectivity index (χ4v) is 3.73. The fourth-order valence-electron chi connectivity index (χ4n) is 2.99. The zero-order valence-corrected chi connectivity index (χ0v) is 14.5. The van der Waals surface area contributed by atoms with Gasteiger partial charge in [0.05, 0.1) is 17.2 Å². The topological polar surface area (TPSA) is 54.5 Å². The average Bonchev–Trinajstić information content (AvgIpc) is 2.86. The van der Waals surface area contributed by atoms with E-state index in [0.29, 0.717) is 6.54 Å². The number of methoxy groups -OCH3 is 1. The van der Waals surface area contributed by atoms with Gasteiger partial charge in [-0.3, -0.25) is 0 Å². The van der Waals surface area contributed by atoms with Gasteiger partial charge in [0.15, 0.2) is 0 Å². The minimum absolute atomic E-state index is 0.0442. The van der Waals surface area contributed by atoms with Crippen molar-refractivity contribution in [2.75, 3.05) is 14.2 Å². The largest absolute Gasteiger partial charge is 0.378 e. The molecule has 0 saturated heterocycles. The van der Waals surface area contributed by atoms with Crippen LogP contribution in [0.15, 0.2) is 6.20 Å². The van der Waals surface area contributed by atoms with Crippen LogP contribution < -0.4 is 5.32 Å². The highest BCUT2D eigenvalue weighted by Gasteiger charge is 2.59. The van der Waals surface area contributed by atoms with Gasteiger partial charge in [0, 0.05) is 36.7 Å². The summed E-state index contributed by atoms with van der Waals surface area (Å²) in [4.78, 5) is 19.4. The zero-order valence-electron chi connectivity index (χ0n) is 13.7. The molecule has 0 radical (unpaired) electrons. The molecule has 21 heavy (non-hydrogen) atoms. The third kappa shape index (κ3) is 2.79. The number of hydrogen-bond acceptors (Lipinski definition) is 4. The molecule has 1 saturated carbocycles. The molecule has 0 aliphatic heterocycles. The minimum Gasteiger partial charge on any atom is -0.378 e. The summed E-state index contributed by atoms with van der Waals surface area (Å²) in [5.74, 6) is 0. The molecule has 2 amide bonds. The molecule has 0 spiro atoms. The smallest absolute Gasteiger partial charge is 0.317 e. The Balaban J connectivity index is 1.92. The molecule has 0 unspecified atom stereocenters. The first-order valence-electron chi connectivity index (χ1n) is 7.18. The number of urea groups is 1. The van der Waals surface area contributed by atoms with Crippen LogP contribution in [-0.4, -0.2) is 41.7 Å². The predicted octanol–water partition coefficient (Wildman–Crippen LogP) is 2.80. The summed E-state index contributed by atoms with van der Waals surface area (Å²) in [6, 6.07) is 0.142. The zero-order chi connectivity index (χ0) is 15.8. The Morgan fingerprint density at radius 2 is 2.24 bits per heavy atom. The van der Waals surface area contributed by atoms with Gasteiger partial charge in [-0.2, -0.15) is 0 Å². The maximum absolute atomic E-state index is 12.3. The average molecular weight is 311 g/mol. The predicted molar refractivity (Wildman–Crippen MR) is 84.4 cm³/mol. The van der Waals surface area contributed by atoms with Crippen molar-refractivity contribution in [3.05, 3.63) is 16.1 Å². The quantitative estimate of drug-likeness (QED) is 0.930. The molecule has 0 aromatic carbocycles. The molecular formula is C15H25N3O2S. The lowest BCUT2D eigenvalue weighted by molar-refractivity contribution is -0.198. The van der Waals surface area contributed by atoms with E-state index in [4.69, 9.17) is 4.74 Å². The number of amides is 2. The number of ether oxygens (including phenoxy) is 1. The third-order valence-corrected chi connectivity index (χ3v) is 6.01. The van der Waals surface area contributed by atoms with Gasteiger partial charge in [-0.05, 0) is 20.3 Å². The summed E-state index contributed by atoms with van der Waals surface area (Å²) in [7, 11) is 3.60. The standard InChI is InChI=1S/C15H25N3O2S/c1-10-16-8-11(21-10)9-17-13(19)18(5)12-7-15(4,20-6)14(12,2)3/h8,12H,7,9H2,1-6H3,(H,17,19)/t12-,15+/m1/s1. The molecule has 1 fully saturated rings. The first-order valence-corrected chi connectivity index (χ1v) is 8.00. The van der Waals surface area contributed by atoms with Gasteiger partial charge in [0.1, 0.15) is 0 Å². The summed E-state index contributed by atoms with van der Waals surface area (Å²) in [6.07, 6.45) is 2.68. The van der Waals surface area contributed by atoms with E-state index in [1.807, 2.05) is 20.2 Å². The molecule has 1 heterocycles. The van der Waals surface area contributed by atoms with E-state index in [1.54, 1.807) is 23.3 Å². The molecule has 1 aromatic heterocycles. The molecule has 2 atom stereocenters. The molecule has 5 nitrogen and oxygen atoms in total. The summed E-state index contributed by atoms with van der Waals surface area (Å²) in [5.41, 5.74) is -0.226.